The molecule has 1 amide bonds. The van der Waals surface area contributed by atoms with Crippen molar-refractivity contribution in [3.05, 3.63) is 53.7 Å². The van der Waals surface area contributed by atoms with Gasteiger partial charge in [-0.15, -0.1) is 11.8 Å². The predicted octanol–water partition coefficient (Wildman–Crippen LogP) is 3.55. The number of carbonyl (C=O) groups is 2. The second kappa shape index (κ2) is 8.36. The largest absolute Gasteiger partial charge is 0.496 e. The molecule has 1 aromatic carbocycles. The lowest BCUT2D eigenvalue weighted by Crippen LogP contribution is -2.42. The number of likely N-dealkylation sites (tertiary alicyclic amines) is 1. The molecule has 3 rings (SSSR count). The number of ketones is 1. The molecule has 0 unspecified atom stereocenters. The van der Waals surface area contributed by atoms with Crippen LogP contribution in [0.3, 0.4) is 0 Å². The third-order valence-corrected chi connectivity index (χ3v) is 5.36. The van der Waals surface area contributed by atoms with E-state index in [0.717, 1.165) is 17.9 Å². The Kier molecular flexibility index (Phi) is 5.93. The van der Waals surface area contributed by atoms with E-state index in [9.17, 15) is 9.59 Å². The fourth-order valence-corrected chi connectivity index (χ4v) is 3.87. The standard InChI is InChI=1S/C20H22N2O3S/c1-25-17-10-4-3-8-15(17)18(23)14-7-6-12-22(13-14)20(24)16-9-5-11-21-19(16)26-2/h3-5,8-11,14H,6-7,12-13H2,1-2H3/t14-/m1/s1. The van der Waals surface area contributed by atoms with E-state index in [1.54, 1.807) is 42.5 Å². The fourth-order valence-electron chi connectivity index (χ4n) is 3.33. The van der Waals surface area contributed by atoms with Crippen molar-refractivity contribution in [2.45, 2.75) is 17.9 Å². The molecule has 0 N–H and O–H groups in total. The first-order chi connectivity index (χ1) is 12.7. The van der Waals surface area contributed by atoms with Crippen molar-refractivity contribution in [3.8, 4) is 5.75 Å². The van der Waals surface area contributed by atoms with Gasteiger partial charge < -0.3 is 9.64 Å². The molecule has 0 spiro atoms. The average Bonchev–Trinajstić information content (AvgIpc) is 2.72. The van der Waals surface area contributed by atoms with E-state index in [0.29, 0.717) is 30.0 Å². The number of carbonyl (C=O) groups excluding carboxylic acids is 2. The van der Waals surface area contributed by atoms with Gasteiger partial charge in [0.05, 0.1) is 18.2 Å². The lowest BCUT2D eigenvalue weighted by atomic mass is 9.89. The van der Waals surface area contributed by atoms with Gasteiger partial charge in [-0.3, -0.25) is 9.59 Å². The Bertz CT molecular complexity index is 744. The van der Waals surface area contributed by atoms with Gasteiger partial charge in [0.15, 0.2) is 5.78 Å². The number of amides is 1. The van der Waals surface area contributed by atoms with Gasteiger partial charge in [-0.05, 0) is 43.4 Å². The number of benzene rings is 1. The Morgan fingerprint density at radius 2 is 1.96 bits per heavy atom. The number of aromatic nitrogens is 1. The van der Waals surface area contributed by atoms with Gasteiger partial charge in [0.25, 0.3) is 5.91 Å². The topological polar surface area (TPSA) is 59.5 Å². The quantitative estimate of drug-likeness (QED) is 0.595. The summed E-state index contributed by atoms with van der Waals surface area (Å²) in [6.07, 6.45) is 5.19. The number of pyridine rings is 1. The van der Waals surface area contributed by atoms with E-state index in [2.05, 4.69) is 4.98 Å². The highest BCUT2D eigenvalue weighted by Crippen LogP contribution is 2.27. The van der Waals surface area contributed by atoms with Crippen molar-refractivity contribution in [2.24, 2.45) is 5.92 Å². The minimum absolute atomic E-state index is 0.0382. The first-order valence-electron chi connectivity index (χ1n) is 8.61. The number of rotatable bonds is 5. The third-order valence-electron chi connectivity index (χ3n) is 4.65. The second-order valence-electron chi connectivity index (χ2n) is 6.22. The van der Waals surface area contributed by atoms with Gasteiger partial charge in [0.2, 0.25) is 0 Å². The Labute approximate surface area is 157 Å². The van der Waals surface area contributed by atoms with Crippen molar-refractivity contribution < 1.29 is 14.3 Å². The van der Waals surface area contributed by atoms with Crippen molar-refractivity contribution in [3.63, 3.8) is 0 Å². The summed E-state index contributed by atoms with van der Waals surface area (Å²) >= 11 is 1.45. The molecule has 0 radical (unpaired) electrons. The number of ether oxygens (including phenoxy) is 1. The summed E-state index contributed by atoms with van der Waals surface area (Å²) < 4.78 is 5.32. The minimum Gasteiger partial charge on any atom is -0.496 e. The van der Waals surface area contributed by atoms with E-state index in [1.165, 1.54) is 11.8 Å². The summed E-state index contributed by atoms with van der Waals surface area (Å²) in [5.74, 6) is 0.354. The van der Waals surface area contributed by atoms with Crippen LogP contribution in [-0.2, 0) is 0 Å². The molecule has 2 heterocycles. The molecule has 26 heavy (non-hydrogen) atoms. The zero-order chi connectivity index (χ0) is 18.5. The van der Waals surface area contributed by atoms with Gasteiger partial charge in [-0.25, -0.2) is 4.98 Å². The average molecular weight is 370 g/mol. The van der Waals surface area contributed by atoms with E-state index in [1.807, 2.05) is 18.4 Å². The first-order valence-corrected chi connectivity index (χ1v) is 9.83. The maximum atomic E-state index is 13.0. The van der Waals surface area contributed by atoms with E-state index in [-0.39, 0.29) is 17.6 Å². The number of hydrogen-bond donors (Lipinski definition) is 0. The Balaban J connectivity index is 1.79. The van der Waals surface area contributed by atoms with Gasteiger partial charge in [0, 0.05) is 25.2 Å². The molecule has 1 aromatic heterocycles. The highest BCUT2D eigenvalue weighted by molar-refractivity contribution is 7.98. The zero-order valence-electron chi connectivity index (χ0n) is 15.0. The zero-order valence-corrected chi connectivity index (χ0v) is 15.8. The lowest BCUT2D eigenvalue weighted by molar-refractivity contribution is 0.0632. The molecule has 0 saturated carbocycles. The van der Waals surface area contributed by atoms with Crippen LogP contribution in [0.15, 0.2) is 47.6 Å². The van der Waals surface area contributed by atoms with Gasteiger partial charge in [-0.1, -0.05) is 12.1 Å². The summed E-state index contributed by atoms with van der Waals surface area (Å²) in [5.41, 5.74) is 1.19. The summed E-state index contributed by atoms with van der Waals surface area (Å²) in [5, 5.41) is 0.718. The number of thioether (sulfide) groups is 1. The van der Waals surface area contributed by atoms with Crippen LogP contribution in [0.5, 0.6) is 5.75 Å². The smallest absolute Gasteiger partial charge is 0.256 e. The van der Waals surface area contributed by atoms with E-state index >= 15 is 0 Å². The molecular formula is C20H22N2O3S. The predicted molar refractivity (Wildman–Crippen MR) is 102 cm³/mol. The van der Waals surface area contributed by atoms with E-state index in [4.69, 9.17) is 4.74 Å². The van der Waals surface area contributed by atoms with Gasteiger partial charge in [-0.2, -0.15) is 0 Å². The fraction of sp³-hybridized carbons (Fsp3) is 0.350. The van der Waals surface area contributed by atoms with Crippen LogP contribution in [-0.4, -0.2) is 48.0 Å². The number of para-hydroxylation sites is 1. The molecule has 1 atom stereocenters. The Morgan fingerprint density at radius 1 is 1.19 bits per heavy atom. The molecule has 5 nitrogen and oxygen atoms in total. The molecule has 136 valence electrons. The number of methoxy groups -OCH3 is 1. The number of piperidine rings is 1. The van der Waals surface area contributed by atoms with Gasteiger partial charge in [0.1, 0.15) is 10.8 Å². The normalized spacial score (nSPS) is 17.0. The van der Waals surface area contributed by atoms with Crippen LogP contribution < -0.4 is 4.74 Å². The lowest BCUT2D eigenvalue weighted by Gasteiger charge is -2.32. The minimum atomic E-state index is -0.210. The van der Waals surface area contributed by atoms with Crippen LogP contribution in [0.1, 0.15) is 33.6 Å². The molecule has 1 aliphatic heterocycles. The van der Waals surface area contributed by atoms with Crippen LogP contribution in [0, 0.1) is 5.92 Å². The van der Waals surface area contributed by atoms with Crippen LogP contribution >= 0.6 is 11.8 Å². The summed E-state index contributed by atoms with van der Waals surface area (Å²) in [6, 6.07) is 10.8. The molecule has 0 aliphatic carbocycles. The number of Topliss-reactive ketones (excluding diaryl/α,β-unsaturated/α-hetero) is 1. The van der Waals surface area contributed by atoms with Crippen LogP contribution in [0.4, 0.5) is 0 Å². The highest BCUT2D eigenvalue weighted by Gasteiger charge is 2.31. The van der Waals surface area contributed by atoms with Crippen LogP contribution in [0.25, 0.3) is 0 Å². The van der Waals surface area contributed by atoms with Crippen LogP contribution in [0.2, 0.25) is 0 Å². The van der Waals surface area contributed by atoms with E-state index < -0.39 is 0 Å². The summed E-state index contributed by atoms with van der Waals surface area (Å²) in [4.78, 5) is 32.0. The Hall–Kier alpha value is -2.34. The first kappa shape index (κ1) is 18.5. The third kappa shape index (κ3) is 3.75. The van der Waals surface area contributed by atoms with Crippen molar-refractivity contribution in [1.29, 1.82) is 0 Å². The van der Waals surface area contributed by atoms with Crippen molar-refractivity contribution in [2.75, 3.05) is 26.5 Å². The molecular weight excluding hydrogens is 348 g/mol. The Morgan fingerprint density at radius 3 is 2.73 bits per heavy atom. The van der Waals surface area contributed by atoms with Gasteiger partial charge >= 0.3 is 0 Å². The second-order valence-corrected chi connectivity index (χ2v) is 7.01. The molecule has 1 fully saturated rings. The number of hydrogen-bond acceptors (Lipinski definition) is 5. The van der Waals surface area contributed by atoms with Crippen molar-refractivity contribution in [1.82, 2.24) is 9.88 Å². The summed E-state index contributed by atoms with van der Waals surface area (Å²) in [7, 11) is 1.56. The molecule has 2 aromatic rings. The molecule has 0 bridgehead atoms. The maximum absolute atomic E-state index is 13.0. The molecule has 1 saturated heterocycles. The summed E-state index contributed by atoms with van der Waals surface area (Å²) in [6.45, 7) is 1.09. The SMILES string of the molecule is COc1ccccc1C(=O)[C@@H]1CCCN(C(=O)c2cccnc2SC)C1. The highest BCUT2D eigenvalue weighted by atomic mass is 32.2. The maximum Gasteiger partial charge on any atom is 0.256 e. The van der Waals surface area contributed by atoms with Crippen molar-refractivity contribution >= 4 is 23.5 Å². The molecule has 1 aliphatic rings. The monoisotopic (exact) mass is 370 g/mol. The number of nitrogens with zero attached hydrogens (tertiary/aromatic N) is 2. The molecule has 6 heteroatoms.